The third-order valence-electron chi connectivity index (χ3n) is 11.3. The normalized spacial score (nSPS) is 11.8. The molecule has 0 aliphatic rings. The Balaban J connectivity index is 1.12. The highest BCUT2D eigenvalue weighted by Crippen LogP contribution is 2.44. The molecule has 5 nitrogen and oxygen atoms in total. The zero-order valence-electron chi connectivity index (χ0n) is 31.1. The van der Waals surface area contributed by atoms with Gasteiger partial charge in [0.05, 0.1) is 0 Å². The summed E-state index contributed by atoms with van der Waals surface area (Å²) in [5.41, 5.74) is 10.4. The molecule has 3 aromatic heterocycles. The summed E-state index contributed by atoms with van der Waals surface area (Å²) in [5.74, 6) is 1.76. The van der Waals surface area contributed by atoms with E-state index in [9.17, 15) is 0 Å². The highest BCUT2D eigenvalue weighted by atomic mass is 16.3. The van der Waals surface area contributed by atoms with Gasteiger partial charge >= 0.3 is 0 Å². The van der Waals surface area contributed by atoms with Crippen molar-refractivity contribution >= 4 is 65.4 Å². The molecule has 58 heavy (non-hydrogen) atoms. The zero-order valence-corrected chi connectivity index (χ0v) is 31.1. The Labute approximate surface area is 332 Å². The molecular formula is C53H31N3O2. The van der Waals surface area contributed by atoms with Crippen molar-refractivity contribution in [1.82, 2.24) is 15.0 Å². The first-order chi connectivity index (χ1) is 28.7. The molecule has 12 aromatic rings. The highest BCUT2D eigenvalue weighted by molar-refractivity contribution is 6.18. The number of rotatable bonds is 5. The van der Waals surface area contributed by atoms with Crippen LogP contribution in [0.1, 0.15) is 0 Å². The molecule has 0 unspecified atom stereocenters. The molecule has 0 N–H and O–H groups in total. The Kier molecular flexibility index (Phi) is 7.16. The van der Waals surface area contributed by atoms with E-state index in [0.717, 1.165) is 104 Å². The lowest BCUT2D eigenvalue weighted by Crippen LogP contribution is -2.01. The molecule has 5 heteroatoms. The van der Waals surface area contributed by atoms with E-state index in [4.69, 9.17) is 23.8 Å². The number of para-hydroxylation sites is 2. The Bertz CT molecular complexity index is 3580. The van der Waals surface area contributed by atoms with Crippen LogP contribution in [-0.2, 0) is 0 Å². The maximum absolute atomic E-state index is 6.71. The Morgan fingerprint density at radius 1 is 0.293 bits per heavy atom. The molecule has 0 saturated carbocycles. The number of hydrogen-bond acceptors (Lipinski definition) is 5. The Morgan fingerprint density at radius 2 is 0.879 bits per heavy atom. The van der Waals surface area contributed by atoms with Gasteiger partial charge < -0.3 is 8.83 Å². The minimum absolute atomic E-state index is 0.580. The van der Waals surface area contributed by atoms with Gasteiger partial charge in [-0.1, -0.05) is 152 Å². The molecule has 0 radical (unpaired) electrons. The molecular weight excluding hydrogens is 711 g/mol. The largest absolute Gasteiger partial charge is 0.456 e. The second kappa shape index (κ2) is 12.8. The van der Waals surface area contributed by atoms with Crippen LogP contribution in [0.3, 0.4) is 0 Å². The third kappa shape index (κ3) is 5.14. The number of benzene rings is 9. The molecule has 0 amide bonds. The molecule has 0 fully saturated rings. The fraction of sp³-hybridized carbons (Fsp3) is 0. The minimum Gasteiger partial charge on any atom is -0.456 e. The Hall–Kier alpha value is -7.89. The van der Waals surface area contributed by atoms with E-state index in [1.54, 1.807) is 0 Å². The van der Waals surface area contributed by atoms with E-state index in [0.29, 0.717) is 17.5 Å². The SMILES string of the molecule is c1ccc(-c2cccc3c2oc2cccc(-c4cc(-c5nc(-c6ccc7ccccc7c6)nc(-c6cccc7oc8ccccc8c67)n5)cc5ccccc45)c23)cc1. The van der Waals surface area contributed by atoms with E-state index in [1.165, 1.54) is 0 Å². The van der Waals surface area contributed by atoms with Gasteiger partial charge in [-0.2, -0.15) is 0 Å². The zero-order chi connectivity index (χ0) is 38.2. The van der Waals surface area contributed by atoms with Crippen LogP contribution in [0.15, 0.2) is 197 Å². The number of nitrogens with zero attached hydrogens (tertiary/aromatic N) is 3. The van der Waals surface area contributed by atoms with Gasteiger partial charge in [0.1, 0.15) is 22.3 Å². The number of aromatic nitrogens is 3. The molecule has 270 valence electrons. The first kappa shape index (κ1) is 32.4. The molecule has 0 spiro atoms. The predicted molar refractivity (Wildman–Crippen MR) is 237 cm³/mol. The molecule has 9 aromatic carbocycles. The van der Waals surface area contributed by atoms with E-state index < -0.39 is 0 Å². The van der Waals surface area contributed by atoms with E-state index in [-0.39, 0.29) is 0 Å². The van der Waals surface area contributed by atoms with Gasteiger partial charge in [-0.05, 0) is 74.6 Å². The molecule has 0 aliphatic heterocycles. The lowest BCUT2D eigenvalue weighted by molar-refractivity contribution is 0.669. The van der Waals surface area contributed by atoms with Crippen molar-refractivity contribution in [3.8, 4) is 56.4 Å². The van der Waals surface area contributed by atoms with Gasteiger partial charge in [0.15, 0.2) is 17.5 Å². The van der Waals surface area contributed by atoms with E-state index in [1.807, 2.05) is 36.4 Å². The summed E-state index contributed by atoms with van der Waals surface area (Å²) in [4.78, 5) is 15.8. The van der Waals surface area contributed by atoms with Crippen molar-refractivity contribution in [2.45, 2.75) is 0 Å². The summed E-state index contributed by atoms with van der Waals surface area (Å²) in [6.45, 7) is 0. The number of hydrogen-bond donors (Lipinski definition) is 0. The second-order valence-corrected chi connectivity index (χ2v) is 14.7. The van der Waals surface area contributed by atoms with Gasteiger partial charge in [0.2, 0.25) is 0 Å². The molecule has 3 heterocycles. The van der Waals surface area contributed by atoms with Crippen LogP contribution >= 0.6 is 0 Å². The molecule has 0 saturated heterocycles. The molecule has 0 bridgehead atoms. The number of fused-ring (bicyclic) bond motifs is 8. The van der Waals surface area contributed by atoms with E-state index >= 15 is 0 Å². The van der Waals surface area contributed by atoms with Crippen LogP contribution in [0.5, 0.6) is 0 Å². The fourth-order valence-corrected chi connectivity index (χ4v) is 8.62. The second-order valence-electron chi connectivity index (χ2n) is 14.7. The standard InChI is InChI=1S/C53H31N3O2/c1-2-14-33(15-3-1)39-20-10-22-42-48-40(21-11-26-47(48)58-50(39)42)44-31-37(30-35-17-6-7-18-38(35)44)52-54-51(36-28-27-32-13-4-5-16-34(32)29-36)55-53(56-52)43-23-12-25-46-49(43)41-19-8-9-24-45(41)57-46/h1-31H. The van der Waals surface area contributed by atoms with Crippen LogP contribution in [0.4, 0.5) is 0 Å². The van der Waals surface area contributed by atoms with Crippen molar-refractivity contribution in [3.63, 3.8) is 0 Å². The third-order valence-corrected chi connectivity index (χ3v) is 11.3. The van der Waals surface area contributed by atoms with Crippen molar-refractivity contribution in [2.24, 2.45) is 0 Å². The van der Waals surface area contributed by atoms with E-state index in [2.05, 4.69) is 152 Å². The Morgan fingerprint density at radius 3 is 1.74 bits per heavy atom. The molecule has 12 rings (SSSR count). The highest BCUT2D eigenvalue weighted by Gasteiger charge is 2.21. The summed E-state index contributed by atoms with van der Waals surface area (Å²) < 4.78 is 13.0. The van der Waals surface area contributed by atoms with Crippen LogP contribution < -0.4 is 0 Å². The summed E-state index contributed by atoms with van der Waals surface area (Å²) in [6.07, 6.45) is 0. The topological polar surface area (TPSA) is 65.0 Å². The first-order valence-corrected chi connectivity index (χ1v) is 19.4. The predicted octanol–water partition coefficient (Wildman–Crippen LogP) is 14.3. The van der Waals surface area contributed by atoms with Crippen LogP contribution in [0.2, 0.25) is 0 Å². The van der Waals surface area contributed by atoms with Crippen molar-refractivity contribution < 1.29 is 8.83 Å². The monoisotopic (exact) mass is 741 g/mol. The summed E-state index contributed by atoms with van der Waals surface area (Å²) in [5, 5.41) is 8.64. The molecule has 0 atom stereocenters. The van der Waals surface area contributed by atoms with Gasteiger partial charge in [0, 0.05) is 43.8 Å². The number of furan rings is 2. The minimum atomic E-state index is 0.580. The van der Waals surface area contributed by atoms with Crippen molar-refractivity contribution in [1.29, 1.82) is 0 Å². The van der Waals surface area contributed by atoms with Crippen LogP contribution in [0, 0.1) is 0 Å². The summed E-state index contributed by atoms with van der Waals surface area (Å²) in [7, 11) is 0. The quantitative estimate of drug-likeness (QED) is 0.176. The maximum atomic E-state index is 6.71. The average molecular weight is 742 g/mol. The molecule has 0 aliphatic carbocycles. The summed E-state index contributed by atoms with van der Waals surface area (Å²) >= 11 is 0. The summed E-state index contributed by atoms with van der Waals surface area (Å²) in [6, 6.07) is 65.1. The van der Waals surface area contributed by atoms with Crippen molar-refractivity contribution in [2.75, 3.05) is 0 Å². The fourth-order valence-electron chi connectivity index (χ4n) is 8.62. The first-order valence-electron chi connectivity index (χ1n) is 19.4. The lowest BCUT2D eigenvalue weighted by Gasteiger charge is -2.13. The van der Waals surface area contributed by atoms with Crippen molar-refractivity contribution in [3.05, 3.63) is 188 Å². The van der Waals surface area contributed by atoms with Gasteiger partial charge in [-0.25, -0.2) is 15.0 Å². The van der Waals surface area contributed by atoms with Gasteiger partial charge in [-0.3, -0.25) is 0 Å². The van der Waals surface area contributed by atoms with Gasteiger partial charge in [-0.15, -0.1) is 0 Å². The van der Waals surface area contributed by atoms with Crippen LogP contribution in [0.25, 0.3) is 122 Å². The lowest BCUT2D eigenvalue weighted by atomic mass is 9.92. The van der Waals surface area contributed by atoms with Gasteiger partial charge in [0.25, 0.3) is 0 Å². The average Bonchev–Trinajstić information content (AvgIpc) is 3.88. The maximum Gasteiger partial charge on any atom is 0.164 e. The smallest absolute Gasteiger partial charge is 0.164 e. The van der Waals surface area contributed by atoms with Crippen LogP contribution in [-0.4, -0.2) is 15.0 Å².